The van der Waals surface area contributed by atoms with E-state index in [1.54, 1.807) is 22.7 Å². The van der Waals surface area contributed by atoms with Crippen LogP contribution in [0, 0.1) is 0 Å². The standard InChI is InChI=1S/C23H24Br2OS4Si2/c1-31(2,3)18-8-7-15(27-18)20-14(11-19(30-20)32(4,5)6)23(26)12-9-16(24)28-21(12)22-13(23)10-17(25)29-22/h7-11,26H,1-6H3. The largest absolute Gasteiger partial charge is 0.376 e. The van der Waals surface area contributed by atoms with Crippen LogP contribution in [0.1, 0.15) is 16.7 Å². The van der Waals surface area contributed by atoms with E-state index in [-0.39, 0.29) is 0 Å². The van der Waals surface area contributed by atoms with Gasteiger partial charge in [-0.15, -0.1) is 45.3 Å². The van der Waals surface area contributed by atoms with E-state index in [0.717, 1.165) is 24.3 Å². The highest BCUT2D eigenvalue weighted by atomic mass is 79.9. The summed E-state index contributed by atoms with van der Waals surface area (Å²) in [4.78, 5) is 4.90. The zero-order chi connectivity index (χ0) is 23.2. The maximum absolute atomic E-state index is 12.6. The van der Waals surface area contributed by atoms with Crippen molar-refractivity contribution in [2.24, 2.45) is 0 Å². The molecule has 0 aromatic carbocycles. The average molecular weight is 661 g/mol. The molecular formula is C23H24Br2OS4Si2. The van der Waals surface area contributed by atoms with Gasteiger partial charge in [-0.1, -0.05) is 45.3 Å². The van der Waals surface area contributed by atoms with E-state index >= 15 is 0 Å². The summed E-state index contributed by atoms with van der Waals surface area (Å²) in [6.45, 7) is 14.4. The molecule has 4 aromatic heterocycles. The molecule has 0 saturated heterocycles. The van der Waals surface area contributed by atoms with Crippen molar-refractivity contribution in [1.29, 1.82) is 0 Å². The van der Waals surface area contributed by atoms with Gasteiger partial charge >= 0.3 is 0 Å². The summed E-state index contributed by atoms with van der Waals surface area (Å²) in [7, 11) is -2.95. The monoisotopic (exact) mass is 658 g/mol. The van der Waals surface area contributed by atoms with Crippen LogP contribution >= 0.6 is 77.2 Å². The normalized spacial score (nSPS) is 15.3. The molecule has 32 heavy (non-hydrogen) atoms. The Kier molecular flexibility index (Phi) is 5.84. The lowest BCUT2D eigenvalue weighted by atomic mass is 9.86. The van der Waals surface area contributed by atoms with E-state index in [1.165, 1.54) is 28.5 Å². The van der Waals surface area contributed by atoms with Crippen molar-refractivity contribution in [1.82, 2.24) is 0 Å². The lowest BCUT2D eigenvalue weighted by molar-refractivity contribution is 0.132. The molecular weight excluding hydrogens is 637 g/mol. The second-order valence-electron chi connectivity index (χ2n) is 10.3. The first kappa shape index (κ1) is 23.9. The summed E-state index contributed by atoms with van der Waals surface area (Å²) in [6.07, 6.45) is 0. The fraction of sp³-hybridized carbons (Fsp3) is 0.304. The van der Waals surface area contributed by atoms with E-state index in [0.29, 0.717) is 0 Å². The molecule has 1 aliphatic carbocycles. The molecule has 168 valence electrons. The van der Waals surface area contributed by atoms with E-state index in [4.69, 9.17) is 0 Å². The predicted octanol–water partition coefficient (Wildman–Crippen LogP) is 8.48. The van der Waals surface area contributed by atoms with Gasteiger partial charge in [-0.05, 0) is 65.1 Å². The molecule has 9 heteroatoms. The van der Waals surface area contributed by atoms with Crippen LogP contribution in [0.4, 0.5) is 0 Å². The van der Waals surface area contributed by atoms with E-state index < -0.39 is 21.7 Å². The summed E-state index contributed by atoms with van der Waals surface area (Å²) >= 11 is 14.6. The van der Waals surface area contributed by atoms with Crippen molar-refractivity contribution in [2.45, 2.75) is 44.9 Å². The van der Waals surface area contributed by atoms with Gasteiger partial charge in [0, 0.05) is 21.6 Å². The maximum atomic E-state index is 12.6. The molecule has 0 fully saturated rings. The summed E-state index contributed by atoms with van der Waals surface area (Å²) in [5.74, 6) is 0. The summed E-state index contributed by atoms with van der Waals surface area (Å²) in [5.41, 5.74) is 1.97. The number of fused-ring (bicyclic) bond motifs is 3. The number of hydrogen-bond acceptors (Lipinski definition) is 5. The van der Waals surface area contributed by atoms with Crippen LogP contribution in [0.15, 0.2) is 37.9 Å². The molecule has 5 rings (SSSR count). The van der Waals surface area contributed by atoms with Crippen molar-refractivity contribution < 1.29 is 5.11 Å². The molecule has 1 aliphatic rings. The molecule has 0 spiro atoms. The van der Waals surface area contributed by atoms with Crippen LogP contribution in [0.5, 0.6) is 0 Å². The minimum atomic E-state index is -1.56. The number of thiophene rings is 4. The third-order valence-electron chi connectivity index (χ3n) is 5.82. The minimum Gasteiger partial charge on any atom is -0.376 e. The quantitative estimate of drug-likeness (QED) is 0.218. The van der Waals surface area contributed by atoms with Crippen molar-refractivity contribution in [3.05, 3.63) is 54.6 Å². The fourth-order valence-electron chi connectivity index (χ4n) is 4.11. The lowest BCUT2D eigenvalue weighted by Crippen LogP contribution is -2.35. The van der Waals surface area contributed by atoms with Crippen molar-refractivity contribution in [3.63, 3.8) is 0 Å². The Morgan fingerprint density at radius 1 is 0.656 bits per heavy atom. The van der Waals surface area contributed by atoms with Crippen LogP contribution in [-0.2, 0) is 5.60 Å². The Bertz CT molecular complexity index is 1300. The van der Waals surface area contributed by atoms with Gasteiger partial charge in [0.2, 0.25) is 0 Å². The van der Waals surface area contributed by atoms with Crippen LogP contribution in [0.25, 0.3) is 19.5 Å². The van der Waals surface area contributed by atoms with Gasteiger partial charge in [0.15, 0.2) is 0 Å². The Balaban J connectivity index is 1.80. The SMILES string of the molecule is C[Si](C)(C)c1ccc(-c2sc([Si](C)(C)C)cc2C2(O)c3cc(Br)sc3-c3sc(Br)cc32)s1. The molecule has 0 atom stereocenters. The van der Waals surface area contributed by atoms with Crippen LogP contribution in [0.3, 0.4) is 0 Å². The fourth-order valence-corrected chi connectivity index (χ4v) is 13.7. The first-order valence-corrected chi connectivity index (χ1v) is 22.2. The van der Waals surface area contributed by atoms with Gasteiger partial charge in [-0.3, -0.25) is 0 Å². The Labute approximate surface area is 224 Å². The van der Waals surface area contributed by atoms with Crippen molar-refractivity contribution >= 4 is 102 Å². The van der Waals surface area contributed by atoms with Crippen molar-refractivity contribution in [2.75, 3.05) is 0 Å². The van der Waals surface area contributed by atoms with Gasteiger partial charge in [0.05, 0.1) is 38.4 Å². The maximum Gasteiger partial charge on any atom is 0.144 e. The highest BCUT2D eigenvalue weighted by Crippen LogP contribution is 2.60. The number of rotatable bonds is 4. The summed E-state index contributed by atoms with van der Waals surface area (Å²) in [6, 6.07) is 11.2. The highest BCUT2D eigenvalue weighted by molar-refractivity contribution is 9.11. The van der Waals surface area contributed by atoms with Gasteiger partial charge < -0.3 is 5.11 Å². The topological polar surface area (TPSA) is 20.2 Å². The minimum absolute atomic E-state index is 1.02. The molecule has 1 nitrogen and oxygen atoms in total. The predicted molar refractivity (Wildman–Crippen MR) is 159 cm³/mol. The van der Waals surface area contributed by atoms with Crippen LogP contribution < -0.4 is 9.00 Å². The van der Waals surface area contributed by atoms with Crippen LogP contribution in [-0.4, -0.2) is 21.3 Å². The zero-order valence-electron chi connectivity index (χ0n) is 18.7. The number of hydrogen-bond donors (Lipinski definition) is 1. The molecule has 0 amide bonds. The van der Waals surface area contributed by atoms with Crippen molar-refractivity contribution in [3.8, 4) is 19.5 Å². The zero-order valence-corrected chi connectivity index (χ0v) is 27.2. The first-order valence-electron chi connectivity index (χ1n) is 10.4. The molecule has 0 aliphatic heterocycles. The van der Waals surface area contributed by atoms with Gasteiger partial charge in [0.1, 0.15) is 5.60 Å². The second-order valence-corrected chi connectivity index (χ2v) is 28.1. The molecule has 0 radical (unpaired) electrons. The number of aliphatic hydroxyl groups is 1. The summed E-state index contributed by atoms with van der Waals surface area (Å²) in [5, 5.41) is 12.6. The van der Waals surface area contributed by atoms with Gasteiger partial charge in [-0.2, -0.15) is 0 Å². The average Bonchev–Trinajstić information content (AvgIpc) is 3.44. The lowest BCUT2D eigenvalue weighted by Gasteiger charge is -2.25. The third-order valence-corrected chi connectivity index (χ3v) is 18.8. The Morgan fingerprint density at radius 2 is 1.16 bits per heavy atom. The third kappa shape index (κ3) is 3.71. The molecule has 4 heterocycles. The van der Waals surface area contributed by atoms with Crippen LogP contribution in [0.2, 0.25) is 39.3 Å². The molecule has 4 aromatic rings. The van der Waals surface area contributed by atoms with E-state index in [9.17, 15) is 5.11 Å². The van der Waals surface area contributed by atoms with E-state index in [2.05, 4.69) is 101 Å². The van der Waals surface area contributed by atoms with Gasteiger partial charge in [-0.25, -0.2) is 0 Å². The second kappa shape index (κ2) is 7.83. The molecule has 0 bridgehead atoms. The smallest absolute Gasteiger partial charge is 0.144 e. The summed E-state index contributed by atoms with van der Waals surface area (Å²) < 4.78 is 5.08. The Morgan fingerprint density at radius 3 is 1.62 bits per heavy atom. The van der Waals surface area contributed by atoms with E-state index in [1.807, 2.05) is 22.7 Å². The Hall–Kier alpha value is 0.154. The molecule has 1 N–H and O–H groups in total. The number of halogens is 2. The van der Waals surface area contributed by atoms with Gasteiger partial charge in [0.25, 0.3) is 0 Å². The highest BCUT2D eigenvalue weighted by Gasteiger charge is 2.48. The first-order chi connectivity index (χ1) is 14.8. The molecule has 0 unspecified atom stereocenters. The molecule has 0 saturated carbocycles.